The molecule has 2 aromatic rings. The zero-order valence-electron chi connectivity index (χ0n) is 11.6. The summed E-state index contributed by atoms with van der Waals surface area (Å²) < 4.78 is 1.26. The van der Waals surface area contributed by atoms with Crippen molar-refractivity contribution in [2.24, 2.45) is 5.41 Å². The highest BCUT2D eigenvalue weighted by Crippen LogP contribution is 2.27. The predicted molar refractivity (Wildman–Crippen MR) is 85.1 cm³/mol. The van der Waals surface area contributed by atoms with Crippen molar-refractivity contribution in [3.8, 4) is 0 Å². The molecular formula is C15H21ClN2S. The van der Waals surface area contributed by atoms with E-state index in [0.717, 1.165) is 36.5 Å². The van der Waals surface area contributed by atoms with E-state index in [0.29, 0.717) is 5.88 Å². The van der Waals surface area contributed by atoms with Gasteiger partial charge in [0.05, 0.1) is 10.2 Å². The van der Waals surface area contributed by atoms with Gasteiger partial charge in [-0.25, -0.2) is 4.98 Å². The van der Waals surface area contributed by atoms with Gasteiger partial charge in [0.1, 0.15) is 5.01 Å². The smallest absolute Gasteiger partial charge is 0.108 e. The van der Waals surface area contributed by atoms with Crippen LogP contribution in [0.2, 0.25) is 0 Å². The number of para-hydroxylation sites is 1. The number of benzene rings is 1. The molecule has 0 fully saturated rings. The molecule has 0 atom stereocenters. The molecule has 0 aliphatic heterocycles. The zero-order valence-corrected chi connectivity index (χ0v) is 13.2. The monoisotopic (exact) mass is 296 g/mol. The number of hydrogen-bond acceptors (Lipinski definition) is 3. The zero-order chi connectivity index (χ0) is 13.7. The summed E-state index contributed by atoms with van der Waals surface area (Å²) in [6, 6.07) is 8.28. The van der Waals surface area contributed by atoms with Crippen molar-refractivity contribution >= 4 is 33.2 Å². The normalized spacial score (nSPS) is 12.2. The third-order valence-corrected chi connectivity index (χ3v) is 5.50. The van der Waals surface area contributed by atoms with Crippen molar-refractivity contribution in [2.75, 3.05) is 12.4 Å². The number of nitrogens with zero attached hydrogens (tertiary/aromatic N) is 1. The summed E-state index contributed by atoms with van der Waals surface area (Å²) in [6.07, 6.45) is 2.22. The van der Waals surface area contributed by atoms with Crippen LogP contribution in [0.1, 0.15) is 31.7 Å². The third kappa shape index (κ3) is 3.47. The summed E-state index contributed by atoms with van der Waals surface area (Å²) in [4.78, 5) is 4.63. The van der Waals surface area contributed by atoms with Crippen LogP contribution in [0.3, 0.4) is 0 Å². The molecule has 4 heteroatoms. The van der Waals surface area contributed by atoms with E-state index < -0.39 is 0 Å². The number of nitrogens with one attached hydrogen (secondary N) is 1. The maximum atomic E-state index is 6.12. The van der Waals surface area contributed by atoms with Crippen LogP contribution in [0.25, 0.3) is 10.2 Å². The molecule has 2 nitrogen and oxygen atoms in total. The Morgan fingerprint density at radius 1 is 1.26 bits per heavy atom. The predicted octanol–water partition coefficient (Wildman–Crippen LogP) is 4.43. The molecule has 1 heterocycles. The molecule has 0 spiro atoms. The summed E-state index contributed by atoms with van der Waals surface area (Å²) in [6.45, 7) is 6.22. The summed E-state index contributed by atoms with van der Waals surface area (Å²) in [5.41, 5.74) is 1.32. The van der Waals surface area contributed by atoms with Crippen molar-refractivity contribution in [1.82, 2.24) is 10.3 Å². The van der Waals surface area contributed by atoms with E-state index in [1.54, 1.807) is 11.3 Å². The van der Waals surface area contributed by atoms with Crippen LogP contribution in [0.4, 0.5) is 0 Å². The van der Waals surface area contributed by atoms with Crippen LogP contribution in [0.15, 0.2) is 24.3 Å². The molecule has 1 N–H and O–H groups in total. The molecule has 0 amide bonds. The van der Waals surface area contributed by atoms with E-state index in [1.165, 1.54) is 4.70 Å². The molecule has 0 unspecified atom stereocenters. The van der Waals surface area contributed by atoms with Crippen LogP contribution in [0.5, 0.6) is 0 Å². The fourth-order valence-corrected chi connectivity index (χ4v) is 3.58. The van der Waals surface area contributed by atoms with Gasteiger partial charge in [-0.05, 0) is 30.4 Å². The summed E-state index contributed by atoms with van der Waals surface area (Å²) in [5, 5.41) is 4.67. The Kier molecular flexibility index (Phi) is 5.20. The molecule has 0 bridgehead atoms. The van der Waals surface area contributed by atoms with Crippen LogP contribution >= 0.6 is 22.9 Å². The first-order chi connectivity index (χ1) is 9.23. The minimum Gasteiger partial charge on any atom is -0.310 e. The first-order valence-corrected chi connectivity index (χ1v) is 8.19. The van der Waals surface area contributed by atoms with Crippen LogP contribution in [-0.2, 0) is 6.54 Å². The van der Waals surface area contributed by atoms with Gasteiger partial charge in [0.2, 0.25) is 0 Å². The molecule has 0 saturated carbocycles. The van der Waals surface area contributed by atoms with Crippen molar-refractivity contribution in [2.45, 2.75) is 33.2 Å². The van der Waals surface area contributed by atoms with Crippen LogP contribution < -0.4 is 5.32 Å². The second-order valence-electron chi connectivity index (χ2n) is 5.02. The van der Waals surface area contributed by atoms with E-state index in [4.69, 9.17) is 11.6 Å². The van der Waals surface area contributed by atoms with Gasteiger partial charge >= 0.3 is 0 Å². The number of halogens is 1. The number of aromatic nitrogens is 1. The molecule has 0 aliphatic carbocycles. The lowest BCUT2D eigenvalue weighted by molar-refractivity contribution is 0.286. The summed E-state index contributed by atoms with van der Waals surface area (Å²) in [7, 11) is 0. The lowest BCUT2D eigenvalue weighted by Gasteiger charge is -2.29. The Labute approximate surface area is 124 Å². The molecular weight excluding hydrogens is 276 g/mol. The molecule has 0 aliphatic rings. The molecule has 104 valence electrons. The van der Waals surface area contributed by atoms with Gasteiger partial charge in [-0.2, -0.15) is 0 Å². The van der Waals surface area contributed by atoms with Crippen molar-refractivity contribution in [3.63, 3.8) is 0 Å². The van der Waals surface area contributed by atoms with E-state index in [9.17, 15) is 0 Å². The highest BCUT2D eigenvalue weighted by molar-refractivity contribution is 7.18. The maximum absolute atomic E-state index is 6.12. The lowest BCUT2D eigenvalue weighted by atomic mass is 9.84. The van der Waals surface area contributed by atoms with Gasteiger partial charge in [0.25, 0.3) is 0 Å². The van der Waals surface area contributed by atoms with Crippen LogP contribution in [0, 0.1) is 5.41 Å². The Morgan fingerprint density at radius 2 is 2.00 bits per heavy atom. The second-order valence-corrected chi connectivity index (χ2v) is 6.40. The Hall–Kier alpha value is -0.640. The van der Waals surface area contributed by atoms with Gasteiger partial charge < -0.3 is 5.32 Å². The van der Waals surface area contributed by atoms with Crippen molar-refractivity contribution in [3.05, 3.63) is 29.3 Å². The number of fused-ring (bicyclic) bond motifs is 1. The Balaban J connectivity index is 1.95. The van der Waals surface area contributed by atoms with Gasteiger partial charge in [-0.1, -0.05) is 26.0 Å². The van der Waals surface area contributed by atoms with E-state index in [2.05, 4.69) is 42.3 Å². The topological polar surface area (TPSA) is 24.9 Å². The first-order valence-electron chi connectivity index (χ1n) is 6.84. The maximum Gasteiger partial charge on any atom is 0.108 e. The Bertz CT molecular complexity index is 478. The van der Waals surface area contributed by atoms with Gasteiger partial charge in [0, 0.05) is 19.0 Å². The SMILES string of the molecule is CCC(CC)(CCl)CNCc1nc2ccccc2s1. The highest BCUT2D eigenvalue weighted by Gasteiger charge is 2.24. The fourth-order valence-electron chi connectivity index (χ4n) is 2.17. The molecule has 0 radical (unpaired) electrons. The molecule has 1 aromatic heterocycles. The van der Waals surface area contributed by atoms with E-state index in [1.807, 2.05) is 6.07 Å². The number of alkyl halides is 1. The largest absolute Gasteiger partial charge is 0.310 e. The van der Waals surface area contributed by atoms with Gasteiger partial charge in [0.15, 0.2) is 0 Å². The fraction of sp³-hybridized carbons (Fsp3) is 0.533. The van der Waals surface area contributed by atoms with Crippen LogP contribution in [-0.4, -0.2) is 17.4 Å². The van der Waals surface area contributed by atoms with Crippen molar-refractivity contribution in [1.29, 1.82) is 0 Å². The lowest BCUT2D eigenvalue weighted by Crippen LogP contribution is -2.34. The standard InChI is InChI=1S/C15H21ClN2S/c1-3-15(4-2,10-16)11-17-9-14-18-12-7-5-6-8-13(12)19-14/h5-8,17H,3-4,9-11H2,1-2H3. The minimum atomic E-state index is 0.220. The Morgan fingerprint density at radius 3 is 2.63 bits per heavy atom. The van der Waals surface area contributed by atoms with Gasteiger partial charge in [-0.15, -0.1) is 22.9 Å². The molecule has 1 aromatic carbocycles. The molecule has 0 saturated heterocycles. The van der Waals surface area contributed by atoms with Gasteiger partial charge in [-0.3, -0.25) is 0 Å². The average molecular weight is 297 g/mol. The summed E-state index contributed by atoms with van der Waals surface area (Å²) >= 11 is 7.88. The third-order valence-electron chi connectivity index (χ3n) is 3.90. The number of rotatable bonds is 7. The summed E-state index contributed by atoms with van der Waals surface area (Å²) in [5.74, 6) is 0.715. The second kappa shape index (κ2) is 6.69. The quantitative estimate of drug-likeness (QED) is 0.765. The number of thiazole rings is 1. The van der Waals surface area contributed by atoms with E-state index >= 15 is 0 Å². The van der Waals surface area contributed by atoms with E-state index in [-0.39, 0.29) is 5.41 Å². The average Bonchev–Trinajstić information content (AvgIpc) is 2.87. The first kappa shape index (κ1) is 14.8. The highest BCUT2D eigenvalue weighted by atomic mass is 35.5. The minimum absolute atomic E-state index is 0.220. The number of hydrogen-bond donors (Lipinski definition) is 1. The molecule has 2 rings (SSSR count). The molecule has 19 heavy (non-hydrogen) atoms. The van der Waals surface area contributed by atoms with Crippen molar-refractivity contribution < 1.29 is 0 Å².